The van der Waals surface area contributed by atoms with Gasteiger partial charge >= 0.3 is 0 Å². The molecule has 0 saturated heterocycles. The number of benzene rings is 2. The molecule has 0 aliphatic rings. The Bertz CT molecular complexity index is 508. The molecule has 0 radical (unpaired) electrons. The van der Waals surface area contributed by atoms with Gasteiger partial charge in [0.1, 0.15) is 0 Å². The van der Waals surface area contributed by atoms with Gasteiger partial charge in [0.2, 0.25) is 0 Å². The monoisotopic (exact) mass is 357 g/mol. The molecule has 2 aromatic carbocycles. The van der Waals surface area contributed by atoms with E-state index in [2.05, 4.69) is 59.1 Å². The van der Waals surface area contributed by atoms with E-state index in [0.717, 1.165) is 17.3 Å². The average Bonchev–Trinajstić information content (AvgIpc) is 2.32. The van der Waals surface area contributed by atoms with E-state index in [1.54, 1.807) is 0 Å². The fourth-order valence-corrected chi connectivity index (χ4v) is 2.12. The first-order valence-corrected chi connectivity index (χ1v) is 6.85. The van der Waals surface area contributed by atoms with Crippen LogP contribution in [0.5, 0.6) is 0 Å². The lowest BCUT2D eigenvalue weighted by Crippen LogP contribution is -2.00. The molecule has 0 saturated carbocycles. The lowest BCUT2D eigenvalue weighted by Gasteiger charge is -2.10. The third-order valence-corrected chi connectivity index (χ3v) is 3.55. The third kappa shape index (κ3) is 3.61. The van der Waals surface area contributed by atoms with Crippen molar-refractivity contribution in [3.63, 3.8) is 0 Å². The standard InChI is InChI=1S/C14H13ClIN/c1-10-2-5-12(15)8-14(10)17-9-11-3-6-13(16)7-4-11/h2-8,17H,9H2,1H3. The second-order valence-electron chi connectivity index (χ2n) is 3.94. The van der Waals surface area contributed by atoms with Gasteiger partial charge in [-0.1, -0.05) is 29.8 Å². The number of anilines is 1. The quantitative estimate of drug-likeness (QED) is 0.773. The van der Waals surface area contributed by atoms with E-state index in [4.69, 9.17) is 11.6 Å². The summed E-state index contributed by atoms with van der Waals surface area (Å²) in [5.74, 6) is 0. The molecule has 0 atom stereocenters. The van der Waals surface area contributed by atoms with Crippen molar-refractivity contribution in [3.05, 3.63) is 62.2 Å². The summed E-state index contributed by atoms with van der Waals surface area (Å²) in [6.45, 7) is 2.89. The molecule has 2 rings (SSSR count). The van der Waals surface area contributed by atoms with Crippen LogP contribution in [0.1, 0.15) is 11.1 Å². The van der Waals surface area contributed by atoms with Crippen LogP contribution in [0.2, 0.25) is 5.02 Å². The summed E-state index contributed by atoms with van der Waals surface area (Å²) >= 11 is 8.29. The maximum absolute atomic E-state index is 5.98. The number of aryl methyl sites for hydroxylation is 1. The van der Waals surface area contributed by atoms with Crippen molar-refractivity contribution in [2.24, 2.45) is 0 Å². The van der Waals surface area contributed by atoms with E-state index in [0.29, 0.717) is 0 Å². The van der Waals surface area contributed by atoms with Crippen molar-refractivity contribution < 1.29 is 0 Å². The predicted octanol–water partition coefficient (Wildman–Crippen LogP) is 4.87. The molecule has 0 unspecified atom stereocenters. The second kappa shape index (κ2) is 5.74. The Morgan fingerprint density at radius 3 is 2.53 bits per heavy atom. The van der Waals surface area contributed by atoms with Gasteiger partial charge in [0.05, 0.1) is 0 Å². The third-order valence-electron chi connectivity index (χ3n) is 2.60. The average molecular weight is 358 g/mol. The Kier molecular flexibility index (Phi) is 4.29. The first kappa shape index (κ1) is 12.7. The summed E-state index contributed by atoms with van der Waals surface area (Å²) in [6, 6.07) is 14.4. The van der Waals surface area contributed by atoms with Crippen molar-refractivity contribution in [3.8, 4) is 0 Å². The molecule has 3 heteroatoms. The summed E-state index contributed by atoms with van der Waals surface area (Å²) in [6.07, 6.45) is 0. The SMILES string of the molecule is Cc1ccc(Cl)cc1NCc1ccc(I)cc1. The van der Waals surface area contributed by atoms with Crippen LogP contribution in [0.25, 0.3) is 0 Å². The highest BCUT2D eigenvalue weighted by atomic mass is 127. The van der Waals surface area contributed by atoms with Gasteiger partial charge in [-0.2, -0.15) is 0 Å². The van der Waals surface area contributed by atoms with E-state index < -0.39 is 0 Å². The van der Waals surface area contributed by atoms with E-state index in [9.17, 15) is 0 Å². The Morgan fingerprint density at radius 1 is 1.12 bits per heavy atom. The molecule has 0 aliphatic heterocycles. The summed E-state index contributed by atoms with van der Waals surface area (Å²) in [7, 11) is 0. The van der Waals surface area contributed by atoms with Crippen LogP contribution in [0, 0.1) is 10.5 Å². The highest BCUT2D eigenvalue weighted by Crippen LogP contribution is 2.20. The maximum atomic E-state index is 5.98. The lowest BCUT2D eigenvalue weighted by molar-refractivity contribution is 1.14. The molecule has 0 aromatic heterocycles. The maximum Gasteiger partial charge on any atom is 0.0426 e. The molecular weight excluding hydrogens is 345 g/mol. The van der Waals surface area contributed by atoms with Crippen LogP contribution < -0.4 is 5.32 Å². The summed E-state index contributed by atoms with van der Waals surface area (Å²) in [5.41, 5.74) is 3.57. The van der Waals surface area contributed by atoms with Crippen LogP contribution in [-0.4, -0.2) is 0 Å². The lowest BCUT2D eigenvalue weighted by atomic mass is 10.2. The molecule has 17 heavy (non-hydrogen) atoms. The van der Waals surface area contributed by atoms with Gasteiger partial charge in [-0.15, -0.1) is 0 Å². The van der Waals surface area contributed by atoms with Crippen LogP contribution in [0.3, 0.4) is 0 Å². The topological polar surface area (TPSA) is 12.0 Å². The first-order chi connectivity index (χ1) is 8.15. The van der Waals surface area contributed by atoms with Crippen molar-refractivity contribution >= 4 is 39.9 Å². The fraction of sp³-hybridized carbons (Fsp3) is 0.143. The van der Waals surface area contributed by atoms with E-state index in [1.807, 2.05) is 18.2 Å². The van der Waals surface area contributed by atoms with E-state index in [-0.39, 0.29) is 0 Å². The summed E-state index contributed by atoms with van der Waals surface area (Å²) < 4.78 is 1.25. The Labute approximate surface area is 120 Å². The highest BCUT2D eigenvalue weighted by Gasteiger charge is 1.99. The highest BCUT2D eigenvalue weighted by molar-refractivity contribution is 14.1. The van der Waals surface area contributed by atoms with Gasteiger partial charge < -0.3 is 5.32 Å². The summed E-state index contributed by atoms with van der Waals surface area (Å²) in [4.78, 5) is 0. The van der Waals surface area contributed by atoms with Crippen molar-refractivity contribution in [1.82, 2.24) is 0 Å². The van der Waals surface area contributed by atoms with E-state index in [1.165, 1.54) is 14.7 Å². The summed E-state index contributed by atoms with van der Waals surface area (Å²) in [5, 5.41) is 4.17. The second-order valence-corrected chi connectivity index (χ2v) is 5.62. The minimum Gasteiger partial charge on any atom is -0.381 e. The van der Waals surface area contributed by atoms with Crippen molar-refractivity contribution in [2.75, 3.05) is 5.32 Å². The molecule has 0 amide bonds. The smallest absolute Gasteiger partial charge is 0.0426 e. The molecule has 88 valence electrons. The Balaban J connectivity index is 2.07. The molecule has 1 N–H and O–H groups in total. The van der Waals surface area contributed by atoms with Crippen LogP contribution in [0.15, 0.2) is 42.5 Å². The van der Waals surface area contributed by atoms with Gasteiger partial charge in [-0.25, -0.2) is 0 Å². The van der Waals surface area contributed by atoms with Gasteiger partial charge in [0, 0.05) is 20.8 Å². The van der Waals surface area contributed by atoms with Gasteiger partial charge in [-0.05, 0) is 64.9 Å². The first-order valence-electron chi connectivity index (χ1n) is 5.39. The van der Waals surface area contributed by atoms with Gasteiger partial charge in [-0.3, -0.25) is 0 Å². The molecule has 0 aliphatic carbocycles. The molecule has 0 fully saturated rings. The normalized spacial score (nSPS) is 10.3. The molecule has 2 aromatic rings. The number of nitrogens with one attached hydrogen (secondary N) is 1. The Hall–Kier alpha value is -0.740. The van der Waals surface area contributed by atoms with Gasteiger partial charge in [0.25, 0.3) is 0 Å². The molecule has 0 heterocycles. The number of rotatable bonds is 3. The zero-order valence-corrected chi connectivity index (χ0v) is 12.4. The molecule has 1 nitrogen and oxygen atoms in total. The number of halogens is 2. The number of hydrogen-bond acceptors (Lipinski definition) is 1. The van der Waals surface area contributed by atoms with Crippen LogP contribution in [-0.2, 0) is 6.54 Å². The largest absolute Gasteiger partial charge is 0.381 e. The molecule has 0 spiro atoms. The number of hydrogen-bond donors (Lipinski definition) is 1. The fourth-order valence-electron chi connectivity index (χ4n) is 1.58. The minimum atomic E-state index is 0.765. The zero-order chi connectivity index (χ0) is 12.3. The van der Waals surface area contributed by atoms with Gasteiger partial charge in [0.15, 0.2) is 0 Å². The van der Waals surface area contributed by atoms with Crippen LogP contribution in [0.4, 0.5) is 5.69 Å². The van der Waals surface area contributed by atoms with Crippen LogP contribution >= 0.6 is 34.2 Å². The Morgan fingerprint density at radius 2 is 1.82 bits per heavy atom. The van der Waals surface area contributed by atoms with E-state index >= 15 is 0 Å². The zero-order valence-electron chi connectivity index (χ0n) is 9.50. The predicted molar refractivity (Wildman–Crippen MR) is 82.7 cm³/mol. The molecule has 0 bridgehead atoms. The van der Waals surface area contributed by atoms with Crippen molar-refractivity contribution in [1.29, 1.82) is 0 Å². The minimum absolute atomic E-state index is 0.765. The van der Waals surface area contributed by atoms with Crippen molar-refractivity contribution in [2.45, 2.75) is 13.5 Å². The molecular formula is C14H13ClIN.